The summed E-state index contributed by atoms with van der Waals surface area (Å²) >= 11 is 0. The van der Waals surface area contributed by atoms with Crippen LogP contribution in [0.25, 0.3) is 11.1 Å². The third kappa shape index (κ3) is 7.76. The van der Waals surface area contributed by atoms with Gasteiger partial charge in [0, 0.05) is 44.8 Å². The van der Waals surface area contributed by atoms with E-state index in [0.717, 1.165) is 60.4 Å². The van der Waals surface area contributed by atoms with Gasteiger partial charge in [0.15, 0.2) is 0 Å². The molecule has 2 fully saturated rings. The van der Waals surface area contributed by atoms with Gasteiger partial charge in [-0.1, -0.05) is 31.2 Å². The van der Waals surface area contributed by atoms with Crippen LogP contribution in [0.5, 0.6) is 0 Å². The Kier molecular flexibility index (Phi) is 10.5. The van der Waals surface area contributed by atoms with Gasteiger partial charge in [0.05, 0.1) is 36.2 Å². The molecule has 0 spiro atoms. The van der Waals surface area contributed by atoms with Gasteiger partial charge in [0.1, 0.15) is 0 Å². The van der Waals surface area contributed by atoms with Gasteiger partial charge < -0.3 is 30.5 Å². The third-order valence-electron chi connectivity index (χ3n) is 8.46. The van der Waals surface area contributed by atoms with Crippen molar-refractivity contribution in [2.75, 3.05) is 62.7 Å². The Morgan fingerprint density at radius 2 is 1.73 bits per heavy atom. The van der Waals surface area contributed by atoms with Crippen molar-refractivity contribution in [3.63, 3.8) is 0 Å². The van der Waals surface area contributed by atoms with Crippen LogP contribution < -0.4 is 16.0 Å². The summed E-state index contributed by atoms with van der Waals surface area (Å²) in [5.74, 6) is 0.466. The number of ether oxygens (including phenoxy) is 1. The number of morpholine rings is 1. The van der Waals surface area contributed by atoms with E-state index in [9.17, 15) is 9.59 Å². The molecule has 2 aliphatic rings. The van der Waals surface area contributed by atoms with Crippen LogP contribution in [0.4, 0.5) is 16.2 Å². The minimum atomic E-state index is -0.218. The summed E-state index contributed by atoms with van der Waals surface area (Å²) in [6.07, 6.45) is 2.95. The lowest BCUT2D eigenvalue weighted by Gasteiger charge is -2.33. The number of amides is 3. The Balaban J connectivity index is 1.41. The maximum absolute atomic E-state index is 13.4. The SMILES string of the molecule is CC1CCN(c2ccc(-c3cccc(CN(CCCN)C(=O)N4CCOCC4)c3)cc2NC(=O)c2ccc(C#N)cc2)CC1. The summed E-state index contributed by atoms with van der Waals surface area (Å²) < 4.78 is 5.44. The van der Waals surface area contributed by atoms with Crippen LogP contribution in [0.2, 0.25) is 0 Å². The topological polar surface area (TPSA) is 115 Å². The summed E-state index contributed by atoms with van der Waals surface area (Å²) in [5.41, 5.74) is 11.6. The van der Waals surface area contributed by atoms with Gasteiger partial charge in [0.2, 0.25) is 0 Å². The van der Waals surface area contributed by atoms with Crippen molar-refractivity contribution in [2.24, 2.45) is 11.7 Å². The van der Waals surface area contributed by atoms with Gasteiger partial charge in [-0.05, 0) is 90.9 Å². The molecule has 3 aromatic carbocycles. The van der Waals surface area contributed by atoms with Crippen molar-refractivity contribution in [2.45, 2.75) is 32.7 Å². The molecule has 0 saturated carbocycles. The lowest BCUT2D eigenvalue weighted by Crippen LogP contribution is -2.48. The van der Waals surface area contributed by atoms with Crippen LogP contribution in [0.1, 0.15) is 47.7 Å². The molecule has 9 heteroatoms. The van der Waals surface area contributed by atoms with Gasteiger partial charge in [-0.3, -0.25) is 4.79 Å². The predicted octanol–water partition coefficient (Wildman–Crippen LogP) is 5.32. The minimum Gasteiger partial charge on any atom is -0.378 e. The number of hydrogen-bond donors (Lipinski definition) is 2. The molecular weight excluding hydrogens is 552 g/mol. The smallest absolute Gasteiger partial charge is 0.320 e. The summed E-state index contributed by atoms with van der Waals surface area (Å²) in [4.78, 5) is 32.8. The number of nitrogens with two attached hydrogens (primary N) is 1. The highest BCUT2D eigenvalue weighted by Crippen LogP contribution is 2.35. The molecule has 44 heavy (non-hydrogen) atoms. The fraction of sp³-hybridized carbons (Fsp3) is 0.400. The lowest BCUT2D eigenvalue weighted by atomic mass is 9.97. The summed E-state index contributed by atoms with van der Waals surface area (Å²) in [6.45, 7) is 8.05. The van der Waals surface area contributed by atoms with Crippen LogP contribution in [-0.4, -0.2) is 74.2 Å². The number of nitrogens with zero attached hydrogens (tertiary/aromatic N) is 4. The first-order chi connectivity index (χ1) is 21.4. The van der Waals surface area contributed by atoms with E-state index in [2.05, 4.69) is 47.5 Å². The molecule has 0 radical (unpaired) electrons. The van der Waals surface area contributed by atoms with Gasteiger partial charge in [0.25, 0.3) is 5.91 Å². The van der Waals surface area contributed by atoms with E-state index in [4.69, 9.17) is 15.7 Å². The molecule has 3 N–H and O–H groups in total. The molecule has 9 nitrogen and oxygen atoms in total. The highest BCUT2D eigenvalue weighted by atomic mass is 16.5. The maximum Gasteiger partial charge on any atom is 0.320 e. The monoisotopic (exact) mass is 594 g/mol. The average Bonchev–Trinajstić information content (AvgIpc) is 3.07. The molecule has 0 atom stereocenters. The zero-order valence-corrected chi connectivity index (χ0v) is 25.5. The Morgan fingerprint density at radius 3 is 2.43 bits per heavy atom. The predicted molar refractivity (Wildman–Crippen MR) is 173 cm³/mol. The maximum atomic E-state index is 13.4. The molecule has 230 valence electrons. The van der Waals surface area contributed by atoms with Gasteiger partial charge in [-0.2, -0.15) is 5.26 Å². The Labute approximate surface area is 260 Å². The number of piperidine rings is 1. The number of rotatable bonds is 9. The number of nitrogens with one attached hydrogen (secondary N) is 1. The molecule has 2 heterocycles. The second-order valence-corrected chi connectivity index (χ2v) is 11.7. The number of anilines is 2. The molecule has 0 aliphatic carbocycles. The molecule has 2 aliphatic heterocycles. The van der Waals surface area contributed by atoms with E-state index in [0.29, 0.717) is 63.0 Å². The highest BCUT2D eigenvalue weighted by molar-refractivity contribution is 6.06. The molecule has 5 rings (SSSR count). The molecule has 0 bridgehead atoms. The number of hydrogen-bond acceptors (Lipinski definition) is 6. The van der Waals surface area contributed by atoms with Gasteiger partial charge in [-0.25, -0.2) is 4.79 Å². The van der Waals surface area contributed by atoms with E-state index >= 15 is 0 Å². The normalized spacial score (nSPS) is 15.5. The molecule has 3 amide bonds. The second-order valence-electron chi connectivity index (χ2n) is 11.7. The summed E-state index contributed by atoms with van der Waals surface area (Å²) in [7, 11) is 0. The van der Waals surface area contributed by atoms with Crippen molar-refractivity contribution >= 4 is 23.3 Å². The van der Waals surface area contributed by atoms with E-state index in [1.54, 1.807) is 24.3 Å². The molecule has 2 saturated heterocycles. The zero-order chi connectivity index (χ0) is 30.9. The van der Waals surface area contributed by atoms with Crippen LogP contribution in [0.15, 0.2) is 66.7 Å². The van der Waals surface area contributed by atoms with E-state index in [1.807, 2.05) is 28.0 Å². The van der Waals surface area contributed by atoms with Crippen LogP contribution in [-0.2, 0) is 11.3 Å². The van der Waals surface area contributed by atoms with Gasteiger partial charge >= 0.3 is 6.03 Å². The van der Waals surface area contributed by atoms with Crippen LogP contribution >= 0.6 is 0 Å². The van der Waals surface area contributed by atoms with Crippen LogP contribution in [0.3, 0.4) is 0 Å². The standard InChI is InChI=1S/C35H42N6O3/c1-26-12-16-39(17-13-26)33-11-10-31(23-32(33)38-34(42)29-8-6-27(24-37)7-9-29)30-5-2-4-28(22-30)25-41(15-3-14-36)35(43)40-18-20-44-21-19-40/h2,4-11,22-23,26H,3,12-21,25,36H2,1H3,(H,38,42). The first-order valence-electron chi connectivity index (χ1n) is 15.6. The Morgan fingerprint density at radius 1 is 1.00 bits per heavy atom. The van der Waals surface area contributed by atoms with Crippen molar-refractivity contribution in [3.8, 4) is 17.2 Å². The van der Waals surface area contributed by atoms with Crippen LogP contribution in [0, 0.1) is 17.2 Å². The second kappa shape index (κ2) is 14.9. The fourth-order valence-corrected chi connectivity index (χ4v) is 5.78. The molecule has 0 unspecified atom stereocenters. The quantitative estimate of drug-likeness (QED) is 0.347. The van der Waals surface area contributed by atoms with Crippen molar-refractivity contribution in [3.05, 3.63) is 83.4 Å². The van der Waals surface area contributed by atoms with Crippen molar-refractivity contribution in [1.82, 2.24) is 9.80 Å². The number of urea groups is 1. The van der Waals surface area contributed by atoms with E-state index in [1.165, 1.54) is 0 Å². The summed E-state index contributed by atoms with van der Waals surface area (Å²) in [5, 5.41) is 12.3. The minimum absolute atomic E-state index is 0.0140. The number of carbonyl (C=O) groups excluding carboxylic acids is 2. The van der Waals surface area contributed by atoms with E-state index < -0.39 is 0 Å². The van der Waals surface area contributed by atoms with Gasteiger partial charge in [-0.15, -0.1) is 0 Å². The molecular formula is C35H42N6O3. The molecule has 3 aromatic rings. The highest BCUT2D eigenvalue weighted by Gasteiger charge is 2.24. The lowest BCUT2D eigenvalue weighted by molar-refractivity contribution is 0.0425. The number of benzene rings is 3. The number of nitriles is 1. The largest absolute Gasteiger partial charge is 0.378 e. The average molecular weight is 595 g/mol. The zero-order valence-electron chi connectivity index (χ0n) is 25.5. The first-order valence-corrected chi connectivity index (χ1v) is 15.6. The Hall–Kier alpha value is -4.39. The molecule has 0 aromatic heterocycles. The third-order valence-corrected chi connectivity index (χ3v) is 8.46. The Bertz CT molecular complexity index is 1470. The fourth-order valence-electron chi connectivity index (χ4n) is 5.78. The first kappa shape index (κ1) is 31.0. The summed E-state index contributed by atoms with van der Waals surface area (Å²) in [6, 6.07) is 23.3. The number of carbonyl (C=O) groups is 2. The van der Waals surface area contributed by atoms with Crippen molar-refractivity contribution < 1.29 is 14.3 Å². The van der Waals surface area contributed by atoms with E-state index in [-0.39, 0.29) is 11.9 Å². The van der Waals surface area contributed by atoms with Crippen molar-refractivity contribution in [1.29, 1.82) is 5.26 Å².